The molecule has 96 valence electrons. The number of aromatic amines is 1. The van der Waals surface area contributed by atoms with Gasteiger partial charge in [-0.1, -0.05) is 17.7 Å². The number of rotatable bonds is 1. The van der Waals surface area contributed by atoms with E-state index < -0.39 is 0 Å². The van der Waals surface area contributed by atoms with E-state index in [9.17, 15) is 4.79 Å². The SMILES string of the molecule is Cc1ccc(-n2c(C)c3cn[nH]c(=O)c3c2C)cc1. The highest BCUT2D eigenvalue weighted by atomic mass is 16.1. The highest BCUT2D eigenvalue weighted by Gasteiger charge is 2.14. The van der Waals surface area contributed by atoms with Gasteiger partial charge in [0.05, 0.1) is 11.6 Å². The maximum Gasteiger partial charge on any atom is 0.273 e. The van der Waals surface area contributed by atoms with Gasteiger partial charge in [-0.25, -0.2) is 5.10 Å². The summed E-state index contributed by atoms with van der Waals surface area (Å²) in [5.74, 6) is 0. The Morgan fingerprint density at radius 1 is 1.05 bits per heavy atom. The fourth-order valence-corrected chi connectivity index (χ4v) is 2.60. The van der Waals surface area contributed by atoms with Gasteiger partial charge in [0, 0.05) is 22.5 Å². The summed E-state index contributed by atoms with van der Waals surface area (Å²) < 4.78 is 2.10. The minimum absolute atomic E-state index is 0.135. The van der Waals surface area contributed by atoms with Crippen LogP contribution in [0.4, 0.5) is 0 Å². The smallest absolute Gasteiger partial charge is 0.273 e. The maximum absolute atomic E-state index is 11.9. The standard InChI is InChI=1S/C15H15N3O/c1-9-4-6-12(7-5-9)18-10(2)13-8-16-17-15(19)14(13)11(18)3/h4-8H,1-3H3,(H,17,19). The minimum atomic E-state index is -0.135. The maximum atomic E-state index is 11.9. The number of hydrogen-bond acceptors (Lipinski definition) is 2. The van der Waals surface area contributed by atoms with Crippen LogP contribution in [0.1, 0.15) is 17.0 Å². The van der Waals surface area contributed by atoms with Gasteiger partial charge in [-0.05, 0) is 32.9 Å². The zero-order chi connectivity index (χ0) is 13.6. The predicted octanol–water partition coefficient (Wildman–Crippen LogP) is 2.64. The van der Waals surface area contributed by atoms with Crippen LogP contribution in [-0.4, -0.2) is 14.8 Å². The molecule has 0 saturated heterocycles. The second kappa shape index (κ2) is 4.09. The first-order valence-corrected chi connectivity index (χ1v) is 6.22. The van der Waals surface area contributed by atoms with Crippen LogP contribution in [0.25, 0.3) is 16.5 Å². The second-order valence-electron chi connectivity index (χ2n) is 4.83. The molecule has 4 nitrogen and oxygen atoms in total. The van der Waals surface area contributed by atoms with Gasteiger partial charge >= 0.3 is 0 Å². The van der Waals surface area contributed by atoms with Crippen LogP contribution in [0.3, 0.4) is 0 Å². The largest absolute Gasteiger partial charge is 0.317 e. The lowest BCUT2D eigenvalue weighted by atomic mass is 10.2. The molecule has 0 atom stereocenters. The molecule has 0 radical (unpaired) electrons. The van der Waals surface area contributed by atoms with Crippen molar-refractivity contribution in [3.8, 4) is 5.69 Å². The van der Waals surface area contributed by atoms with Gasteiger partial charge < -0.3 is 4.57 Å². The van der Waals surface area contributed by atoms with Crippen LogP contribution in [0.5, 0.6) is 0 Å². The Labute approximate surface area is 110 Å². The van der Waals surface area contributed by atoms with Crippen LogP contribution in [0.2, 0.25) is 0 Å². The topological polar surface area (TPSA) is 50.7 Å². The number of H-pyrrole nitrogens is 1. The monoisotopic (exact) mass is 253 g/mol. The molecule has 0 spiro atoms. The molecular weight excluding hydrogens is 238 g/mol. The molecule has 0 unspecified atom stereocenters. The minimum Gasteiger partial charge on any atom is -0.317 e. The third-order valence-corrected chi connectivity index (χ3v) is 3.57. The molecule has 0 aliphatic heterocycles. The summed E-state index contributed by atoms with van der Waals surface area (Å²) in [5.41, 5.74) is 4.13. The van der Waals surface area contributed by atoms with Crippen molar-refractivity contribution in [3.63, 3.8) is 0 Å². The van der Waals surface area contributed by atoms with Crippen LogP contribution < -0.4 is 5.56 Å². The lowest BCUT2D eigenvalue weighted by molar-refractivity contribution is 0.972. The van der Waals surface area contributed by atoms with E-state index in [1.54, 1.807) is 6.20 Å². The van der Waals surface area contributed by atoms with Gasteiger partial charge in [0.15, 0.2) is 0 Å². The molecule has 0 saturated carbocycles. The van der Waals surface area contributed by atoms with E-state index in [-0.39, 0.29) is 5.56 Å². The quantitative estimate of drug-likeness (QED) is 0.724. The normalized spacial score (nSPS) is 11.1. The molecule has 0 amide bonds. The molecule has 1 aromatic carbocycles. The number of nitrogens with zero attached hydrogens (tertiary/aromatic N) is 2. The van der Waals surface area contributed by atoms with E-state index in [0.717, 1.165) is 22.5 Å². The molecule has 19 heavy (non-hydrogen) atoms. The van der Waals surface area contributed by atoms with Crippen molar-refractivity contribution in [1.29, 1.82) is 0 Å². The Balaban J connectivity index is 2.39. The van der Waals surface area contributed by atoms with E-state index in [1.807, 2.05) is 13.8 Å². The molecule has 2 heterocycles. The number of nitrogens with one attached hydrogen (secondary N) is 1. The number of fused-ring (bicyclic) bond motifs is 1. The van der Waals surface area contributed by atoms with Crippen LogP contribution in [0.15, 0.2) is 35.3 Å². The summed E-state index contributed by atoms with van der Waals surface area (Å²) in [6, 6.07) is 8.27. The van der Waals surface area contributed by atoms with Crippen molar-refractivity contribution < 1.29 is 0 Å². The third kappa shape index (κ3) is 1.68. The van der Waals surface area contributed by atoms with Crippen LogP contribution >= 0.6 is 0 Å². The molecule has 0 aliphatic rings. The Kier molecular flexibility index (Phi) is 2.52. The van der Waals surface area contributed by atoms with E-state index in [4.69, 9.17) is 0 Å². The summed E-state index contributed by atoms with van der Waals surface area (Å²) >= 11 is 0. The highest BCUT2D eigenvalue weighted by molar-refractivity contribution is 5.87. The molecule has 3 aromatic rings. The van der Waals surface area contributed by atoms with Gasteiger partial charge in [-0.2, -0.15) is 5.10 Å². The van der Waals surface area contributed by atoms with Gasteiger partial charge in [0.2, 0.25) is 0 Å². The Hall–Kier alpha value is -2.36. The van der Waals surface area contributed by atoms with Gasteiger partial charge in [-0.15, -0.1) is 0 Å². The first-order valence-electron chi connectivity index (χ1n) is 6.22. The van der Waals surface area contributed by atoms with E-state index >= 15 is 0 Å². The lowest BCUT2D eigenvalue weighted by Crippen LogP contribution is -2.07. The molecule has 4 heteroatoms. The van der Waals surface area contributed by atoms with E-state index in [0.29, 0.717) is 5.39 Å². The molecule has 0 bridgehead atoms. The molecule has 3 rings (SSSR count). The number of hydrogen-bond donors (Lipinski definition) is 1. The summed E-state index contributed by atoms with van der Waals surface area (Å²) in [6.07, 6.45) is 1.71. The summed E-state index contributed by atoms with van der Waals surface area (Å²) in [6.45, 7) is 6.03. The first kappa shape index (κ1) is 11.7. The average Bonchev–Trinajstić information content (AvgIpc) is 2.65. The Morgan fingerprint density at radius 2 is 1.74 bits per heavy atom. The highest BCUT2D eigenvalue weighted by Crippen LogP contribution is 2.25. The van der Waals surface area contributed by atoms with Crippen molar-refractivity contribution in [2.75, 3.05) is 0 Å². The van der Waals surface area contributed by atoms with E-state index in [1.165, 1.54) is 5.56 Å². The molecular formula is C15H15N3O. The average molecular weight is 253 g/mol. The van der Waals surface area contributed by atoms with Crippen molar-refractivity contribution in [2.24, 2.45) is 0 Å². The molecule has 2 aromatic heterocycles. The van der Waals surface area contributed by atoms with Crippen molar-refractivity contribution in [3.05, 3.63) is 57.8 Å². The summed E-state index contributed by atoms with van der Waals surface area (Å²) in [5, 5.41) is 8.00. The van der Waals surface area contributed by atoms with Crippen LogP contribution in [-0.2, 0) is 0 Å². The van der Waals surface area contributed by atoms with Gasteiger partial charge in [0.25, 0.3) is 5.56 Å². The predicted molar refractivity (Wildman–Crippen MR) is 75.9 cm³/mol. The second-order valence-corrected chi connectivity index (χ2v) is 4.83. The first-order chi connectivity index (χ1) is 9.09. The zero-order valence-electron chi connectivity index (χ0n) is 11.2. The molecule has 1 N–H and O–H groups in total. The summed E-state index contributed by atoms with van der Waals surface area (Å²) in [4.78, 5) is 11.9. The van der Waals surface area contributed by atoms with E-state index in [2.05, 4.69) is 46.0 Å². The van der Waals surface area contributed by atoms with Crippen molar-refractivity contribution >= 4 is 10.8 Å². The van der Waals surface area contributed by atoms with Gasteiger partial charge in [0.1, 0.15) is 0 Å². The molecule has 0 aliphatic carbocycles. The Morgan fingerprint density at radius 3 is 2.37 bits per heavy atom. The third-order valence-electron chi connectivity index (χ3n) is 3.57. The zero-order valence-corrected chi connectivity index (χ0v) is 11.2. The van der Waals surface area contributed by atoms with Gasteiger partial charge in [-0.3, -0.25) is 4.79 Å². The fraction of sp³-hybridized carbons (Fsp3) is 0.200. The number of aromatic nitrogens is 3. The number of benzene rings is 1. The fourth-order valence-electron chi connectivity index (χ4n) is 2.60. The van der Waals surface area contributed by atoms with Crippen molar-refractivity contribution in [1.82, 2.24) is 14.8 Å². The summed E-state index contributed by atoms with van der Waals surface area (Å²) in [7, 11) is 0. The number of aryl methyl sites for hydroxylation is 3. The molecule has 0 fully saturated rings. The van der Waals surface area contributed by atoms with Crippen LogP contribution in [0, 0.1) is 20.8 Å². The Bertz CT molecular complexity index is 810. The van der Waals surface area contributed by atoms with Crippen molar-refractivity contribution in [2.45, 2.75) is 20.8 Å². The lowest BCUT2D eigenvalue weighted by Gasteiger charge is -2.09.